The van der Waals surface area contributed by atoms with E-state index in [4.69, 9.17) is 32.7 Å². The predicted molar refractivity (Wildman–Crippen MR) is 236 cm³/mol. The first kappa shape index (κ1) is 44.6. The summed E-state index contributed by atoms with van der Waals surface area (Å²) < 4.78 is 11.6. The summed E-state index contributed by atoms with van der Waals surface area (Å²) in [6.07, 6.45) is 13.6. The smallest absolute Gasteiger partial charge is 0.324 e. The Labute approximate surface area is 356 Å². The number of nitrogens with zero attached hydrogens (tertiary/aromatic N) is 2. The van der Waals surface area contributed by atoms with E-state index >= 15 is 0 Å². The highest BCUT2D eigenvalue weighted by Crippen LogP contribution is 2.50. The van der Waals surface area contributed by atoms with Crippen LogP contribution in [-0.2, 0) is 10.2 Å². The summed E-state index contributed by atoms with van der Waals surface area (Å²) in [6, 6.07) is 37.1. The molecule has 4 aromatic rings. The summed E-state index contributed by atoms with van der Waals surface area (Å²) in [6.45, 7) is 5.90. The van der Waals surface area contributed by atoms with E-state index in [0.29, 0.717) is 19.3 Å². The van der Waals surface area contributed by atoms with E-state index in [9.17, 15) is 20.4 Å². The highest BCUT2D eigenvalue weighted by atomic mass is 35.5. The van der Waals surface area contributed by atoms with Gasteiger partial charge in [-0.1, -0.05) is 125 Å². The number of nitriles is 2. The topological polar surface area (TPSA) is 103 Å². The van der Waals surface area contributed by atoms with Gasteiger partial charge in [0.25, 0.3) is 0 Å². The molecule has 2 saturated carbocycles. The van der Waals surface area contributed by atoms with Crippen LogP contribution in [0.5, 0.6) is 11.5 Å². The van der Waals surface area contributed by atoms with Crippen LogP contribution in [0.4, 0.5) is 0 Å². The Kier molecular flexibility index (Phi) is 17.0. The third-order valence-electron chi connectivity index (χ3n) is 11.8. The fourth-order valence-electron chi connectivity index (χ4n) is 8.36. The number of hydrogen-bond acceptors (Lipinski definition) is 5. The van der Waals surface area contributed by atoms with Crippen LogP contribution in [0.2, 0.25) is 0 Å². The van der Waals surface area contributed by atoms with Crippen molar-refractivity contribution in [1.82, 2.24) is 0 Å². The van der Waals surface area contributed by atoms with E-state index in [-0.39, 0.29) is 10.8 Å². The Hall–Kier alpha value is -4.49. The SMILES string of the molecule is CCCCCCOc1ccc(-c2ccc(C3(C#N)CCCC(Cl)C3)cc2)cc1.CCCCCOc1ccc(-c2ccc(C3C(Cl)CCCC3(C#N)C(=O)O)cc2)cc1. The Bertz CT molecular complexity index is 1950. The third kappa shape index (κ3) is 11.4. The maximum absolute atomic E-state index is 12.0. The number of hydrogen-bond donors (Lipinski definition) is 1. The van der Waals surface area contributed by atoms with Gasteiger partial charge in [0.05, 0.1) is 30.8 Å². The second kappa shape index (κ2) is 22.0. The van der Waals surface area contributed by atoms with E-state index in [1.807, 2.05) is 60.7 Å². The molecule has 1 N–H and O–H groups in total. The summed E-state index contributed by atoms with van der Waals surface area (Å²) in [5, 5.41) is 29.1. The van der Waals surface area contributed by atoms with E-state index in [0.717, 1.165) is 96.6 Å². The minimum atomic E-state index is -1.47. The lowest BCUT2D eigenvalue weighted by molar-refractivity contribution is -0.148. The lowest BCUT2D eigenvalue weighted by Gasteiger charge is -2.39. The van der Waals surface area contributed by atoms with Gasteiger partial charge in [0.15, 0.2) is 5.41 Å². The van der Waals surface area contributed by atoms with Crippen LogP contribution in [0, 0.1) is 28.1 Å². The molecule has 0 bridgehead atoms. The standard InChI is InChI=1S/C25H28ClNO3.C25H30ClNO/c1-2-3-4-16-30-21-13-11-19(12-14-21)18-7-9-20(10-8-18)23-22(26)6-5-15-25(23,17-27)24(28)29;1-2-3-4-5-17-28-24-14-10-21(11-15-24)20-8-12-22(13-9-20)25(19-27)16-6-7-23(26)18-25/h7-14,22-23H,2-6,15-16H2,1H3,(H,28,29);8-15,23H,2-7,16-18H2,1H3. The van der Waals surface area contributed by atoms with Crippen molar-refractivity contribution in [3.8, 4) is 45.9 Å². The molecule has 0 amide bonds. The molecule has 5 unspecified atom stereocenters. The molecule has 0 saturated heterocycles. The van der Waals surface area contributed by atoms with Gasteiger partial charge in [0, 0.05) is 16.7 Å². The molecule has 4 aromatic carbocycles. The van der Waals surface area contributed by atoms with Gasteiger partial charge in [-0.05, 0) is 109 Å². The van der Waals surface area contributed by atoms with E-state index in [1.165, 1.54) is 32.1 Å². The van der Waals surface area contributed by atoms with E-state index in [2.05, 4.69) is 62.4 Å². The molecule has 0 aromatic heterocycles. The summed E-state index contributed by atoms with van der Waals surface area (Å²) in [7, 11) is 0. The lowest BCUT2D eigenvalue weighted by atomic mass is 9.64. The van der Waals surface area contributed by atoms with Crippen molar-refractivity contribution in [3.05, 3.63) is 108 Å². The Balaban J connectivity index is 0.000000221. The minimum Gasteiger partial charge on any atom is -0.494 e. The number of unbranched alkanes of at least 4 members (excludes halogenated alkanes) is 5. The number of carboxylic acid groups (broad SMARTS) is 1. The van der Waals surface area contributed by atoms with Gasteiger partial charge < -0.3 is 14.6 Å². The van der Waals surface area contributed by atoms with Gasteiger partial charge in [-0.25, -0.2) is 0 Å². The Morgan fingerprint density at radius 2 is 1.16 bits per heavy atom. The molecule has 0 heterocycles. The zero-order valence-corrected chi connectivity index (χ0v) is 35.6. The zero-order chi connectivity index (χ0) is 41.4. The van der Waals surface area contributed by atoms with Crippen LogP contribution in [0.15, 0.2) is 97.1 Å². The average molecular weight is 822 g/mol. The molecule has 0 aliphatic heterocycles. The number of benzene rings is 4. The molecule has 0 spiro atoms. The van der Waals surface area contributed by atoms with Crippen LogP contribution < -0.4 is 9.47 Å². The van der Waals surface area contributed by atoms with Crippen LogP contribution >= 0.6 is 23.2 Å². The van der Waals surface area contributed by atoms with E-state index < -0.39 is 22.7 Å². The fourth-order valence-corrected chi connectivity index (χ4v) is 9.29. The number of rotatable bonds is 16. The number of alkyl halides is 2. The molecule has 2 aliphatic rings. The van der Waals surface area contributed by atoms with Crippen molar-refractivity contribution in [2.45, 2.75) is 126 Å². The molecule has 8 heteroatoms. The monoisotopic (exact) mass is 820 g/mol. The first-order valence-electron chi connectivity index (χ1n) is 21.2. The van der Waals surface area contributed by atoms with Gasteiger partial charge in [-0.15, -0.1) is 23.2 Å². The van der Waals surface area contributed by atoms with Gasteiger partial charge >= 0.3 is 5.97 Å². The van der Waals surface area contributed by atoms with Crippen molar-refractivity contribution in [2.24, 2.45) is 5.41 Å². The molecule has 58 heavy (non-hydrogen) atoms. The maximum Gasteiger partial charge on any atom is 0.324 e. The molecule has 2 fully saturated rings. The Morgan fingerprint density at radius 3 is 1.64 bits per heavy atom. The largest absolute Gasteiger partial charge is 0.494 e. The number of halogens is 2. The molecular formula is C50H58Cl2N2O4. The maximum atomic E-state index is 12.0. The summed E-state index contributed by atoms with van der Waals surface area (Å²) >= 11 is 12.9. The van der Waals surface area contributed by atoms with Crippen LogP contribution in [0.3, 0.4) is 0 Å². The molecule has 5 atom stereocenters. The second-order valence-corrected chi connectivity index (χ2v) is 17.1. The summed E-state index contributed by atoms with van der Waals surface area (Å²) in [4.78, 5) is 12.0. The fraction of sp³-hybridized carbons (Fsp3) is 0.460. The third-order valence-corrected chi connectivity index (χ3v) is 12.6. The molecular weight excluding hydrogens is 763 g/mol. The number of carbonyl (C=O) groups is 1. The molecule has 0 radical (unpaired) electrons. The Morgan fingerprint density at radius 1 is 0.672 bits per heavy atom. The molecule has 306 valence electrons. The van der Waals surface area contributed by atoms with Gasteiger partial charge in [0.1, 0.15) is 11.5 Å². The van der Waals surface area contributed by atoms with Crippen molar-refractivity contribution in [3.63, 3.8) is 0 Å². The molecule has 2 aliphatic carbocycles. The highest BCUT2D eigenvalue weighted by Gasteiger charge is 2.52. The van der Waals surface area contributed by atoms with Crippen LogP contribution in [0.25, 0.3) is 22.3 Å². The summed E-state index contributed by atoms with van der Waals surface area (Å²) in [5.74, 6) is 0.178. The van der Waals surface area contributed by atoms with Crippen molar-refractivity contribution >= 4 is 29.2 Å². The summed E-state index contributed by atoms with van der Waals surface area (Å²) in [5.41, 5.74) is 4.39. The number of ether oxygens (including phenoxy) is 2. The van der Waals surface area contributed by atoms with Gasteiger partial charge in [-0.3, -0.25) is 4.79 Å². The highest BCUT2D eigenvalue weighted by molar-refractivity contribution is 6.21. The molecule has 6 rings (SSSR count). The predicted octanol–water partition coefficient (Wildman–Crippen LogP) is 13.6. The van der Waals surface area contributed by atoms with Crippen molar-refractivity contribution in [1.29, 1.82) is 10.5 Å². The minimum absolute atomic E-state index is 0.0996. The van der Waals surface area contributed by atoms with Crippen LogP contribution in [-0.4, -0.2) is 35.0 Å². The quantitative estimate of drug-likeness (QED) is 0.0892. The van der Waals surface area contributed by atoms with Crippen molar-refractivity contribution in [2.75, 3.05) is 13.2 Å². The van der Waals surface area contributed by atoms with Gasteiger partial charge in [-0.2, -0.15) is 10.5 Å². The second-order valence-electron chi connectivity index (χ2n) is 15.9. The number of carboxylic acids is 1. The first-order valence-corrected chi connectivity index (χ1v) is 22.1. The average Bonchev–Trinajstić information content (AvgIpc) is 3.25. The molecule has 6 nitrogen and oxygen atoms in total. The number of aliphatic carboxylic acids is 1. The first-order chi connectivity index (χ1) is 28.2. The lowest BCUT2D eigenvalue weighted by Crippen LogP contribution is -2.43. The van der Waals surface area contributed by atoms with Gasteiger partial charge in [0.2, 0.25) is 0 Å². The van der Waals surface area contributed by atoms with Crippen LogP contribution in [0.1, 0.15) is 121 Å². The van der Waals surface area contributed by atoms with E-state index in [1.54, 1.807) is 0 Å². The normalized spacial score (nSPS) is 22.7. The van der Waals surface area contributed by atoms with Crippen molar-refractivity contribution < 1.29 is 19.4 Å². The zero-order valence-electron chi connectivity index (χ0n) is 34.1.